The number of likely N-dealkylation sites (tertiary alicyclic amines) is 1. The molecule has 0 aromatic heterocycles. The predicted molar refractivity (Wildman–Crippen MR) is 115 cm³/mol. The molecule has 4 rings (SSSR count). The molecule has 2 fully saturated rings. The number of amides is 1. The summed E-state index contributed by atoms with van der Waals surface area (Å²) in [5.41, 5.74) is 1.18. The molecule has 1 unspecified atom stereocenters. The maximum atomic E-state index is 13.0. The number of hydrogen-bond acceptors (Lipinski definition) is 5. The fourth-order valence-electron chi connectivity index (χ4n) is 4.28. The number of morpholine rings is 1. The number of piperidine rings is 1. The van der Waals surface area contributed by atoms with Crippen LogP contribution in [0.1, 0.15) is 18.4 Å². The third-order valence-corrected chi connectivity index (χ3v) is 6.00. The minimum absolute atomic E-state index is 0.0428. The zero-order chi connectivity index (χ0) is 21.6. The molecule has 0 aliphatic carbocycles. The number of hydrogen-bond donors (Lipinski definition) is 0. The van der Waals surface area contributed by atoms with Crippen molar-refractivity contribution < 1.29 is 23.4 Å². The smallest absolute Gasteiger partial charge is 0.248 e. The molecule has 1 amide bonds. The van der Waals surface area contributed by atoms with Crippen molar-refractivity contribution in [3.8, 4) is 11.5 Å². The van der Waals surface area contributed by atoms with Gasteiger partial charge in [0.25, 0.3) is 0 Å². The maximum absolute atomic E-state index is 13.0. The largest absolute Gasteiger partial charge is 0.496 e. The molecular weight excluding hydrogens is 399 g/mol. The van der Waals surface area contributed by atoms with Crippen molar-refractivity contribution in [3.05, 3.63) is 59.9 Å². The van der Waals surface area contributed by atoms with E-state index in [1.54, 1.807) is 19.2 Å². The van der Waals surface area contributed by atoms with Crippen LogP contribution in [0.4, 0.5) is 4.39 Å². The standard InChI is InChI=1S/C24H29FN2O4/c1-29-23-5-3-2-4-18(23)14-26-12-10-20(11-13-26)27-15-22(31-17-24(27)28)16-30-21-8-6-19(25)7-9-21/h2-9,20,22H,10-17H2,1H3. The molecule has 166 valence electrons. The van der Waals surface area contributed by atoms with Crippen molar-refractivity contribution in [1.29, 1.82) is 0 Å². The number of carbonyl (C=O) groups excluding carboxylic acids is 1. The molecular formula is C24H29FN2O4. The van der Waals surface area contributed by atoms with E-state index in [0.717, 1.165) is 38.2 Å². The first-order chi connectivity index (χ1) is 15.1. The van der Waals surface area contributed by atoms with E-state index in [9.17, 15) is 9.18 Å². The molecule has 2 aromatic rings. The van der Waals surface area contributed by atoms with Gasteiger partial charge < -0.3 is 19.1 Å². The van der Waals surface area contributed by atoms with Crippen molar-refractivity contribution in [1.82, 2.24) is 9.80 Å². The van der Waals surface area contributed by atoms with Gasteiger partial charge in [0.05, 0.1) is 13.7 Å². The highest BCUT2D eigenvalue weighted by Crippen LogP contribution is 2.24. The van der Waals surface area contributed by atoms with Crippen LogP contribution >= 0.6 is 0 Å². The Balaban J connectivity index is 1.27. The van der Waals surface area contributed by atoms with E-state index in [0.29, 0.717) is 18.9 Å². The molecule has 7 heteroatoms. The molecule has 0 radical (unpaired) electrons. The number of nitrogens with zero attached hydrogens (tertiary/aromatic N) is 2. The predicted octanol–water partition coefficient (Wildman–Crippen LogP) is 3.11. The molecule has 0 saturated carbocycles. The van der Waals surface area contributed by atoms with Crippen molar-refractivity contribution in [2.45, 2.75) is 31.5 Å². The Kier molecular flexibility index (Phi) is 7.04. The first-order valence-electron chi connectivity index (χ1n) is 10.8. The van der Waals surface area contributed by atoms with E-state index in [-0.39, 0.29) is 30.5 Å². The summed E-state index contributed by atoms with van der Waals surface area (Å²) >= 11 is 0. The van der Waals surface area contributed by atoms with Gasteiger partial charge in [-0.3, -0.25) is 9.69 Å². The monoisotopic (exact) mass is 428 g/mol. The normalized spacial score (nSPS) is 20.6. The minimum atomic E-state index is -0.296. The van der Waals surface area contributed by atoms with Crippen molar-refractivity contribution >= 4 is 5.91 Å². The minimum Gasteiger partial charge on any atom is -0.496 e. The molecule has 2 heterocycles. The highest BCUT2D eigenvalue weighted by atomic mass is 19.1. The van der Waals surface area contributed by atoms with Gasteiger partial charge in [0.15, 0.2) is 0 Å². The summed E-state index contributed by atoms with van der Waals surface area (Å²) < 4.78 is 29.9. The molecule has 0 bridgehead atoms. The molecule has 2 aliphatic rings. The first-order valence-corrected chi connectivity index (χ1v) is 10.8. The average Bonchev–Trinajstić information content (AvgIpc) is 2.80. The molecule has 2 saturated heterocycles. The molecule has 31 heavy (non-hydrogen) atoms. The van der Waals surface area contributed by atoms with Gasteiger partial charge in [-0.05, 0) is 43.2 Å². The summed E-state index contributed by atoms with van der Waals surface area (Å²) in [6.07, 6.45) is 1.69. The number of methoxy groups -OCH3 is 1. The Hall–Kier alpha value is -2.64. The van der Waals surface area contributed by atoms with E-state index in [4.69, 9.17) is 14.2 Å². The topological polar surface area (TPSA) is 51.2 Å². The van der Waals surface area contributed by atoms with Gasteiger partial charge in [-0.1, -0.05) is 18.2 Å². The molecule has 6 nitrogen and oxygen atoms in total. The SMILES string of the molecule is COc1ccccc1CN1CCC(N2CC(COc3ccc(F)cc3)OCC2=O)CC1. The van der Waals surface area contributed by atoms with Gasteiger partial charge in [0, 0.05) is 31.2 Å². The lowest BCUT2D eigenvalue weighted by molar-refractivity contribution is -0.155. The van der Waals surface area contributed by atoms with Gasteiger partial charge in [-0.25, -0.2) is 4.39 Å². The van der Waals surface area contributed by atoms with Crippen LogP contribution in [0.2, 0.25) is 0 Å². The third kappa shape index (κ3) is 5.54. The number of carbonyl (C=O) groups is 1. The Morgan fingerprint density at radius 3 is 2.58 bits per heavy atom. The van der Waals surface area contributed by atoms with Crippen LogP contribution in [0.3, 0.4) is 0 Å². The van der Waals surface area contributed by atoms with Crippen LogP contribution < -0.4 is 9.47 Å². The van der Waals surface area contributed by atoms with Gasteiger partial charge in [0.1, 0.15) is 36.6 Å². The fraction of sp³-hybridized carbons (Fsp3) is 0.458. The van der Waals surface area contributed by atoms with E-state index in [1.807, 2.05) is 23.1 Å². The second-order valence-electron chi connectivity index (χ2n) is 8.06. The molecule has 0 spiro atoms. The summed E-state index contributed by atoms with van der Waals surface area (Å²) in [4.78, 5) is 16.9. The summed E-state index contributed by atoms with van der Waals surface area (Å²) in [5.74, 6) is 1.26. The average molecular weight is 429 g/mol. The first kappa shape index (κ1) is 21.6. The Labute approximate surface area is 182 Å². The Morgan fingerprint density at radius 2 is 1.84 bits per heavy atom. The van der Waals surface area contributed by atoms with Gasteiger partial charge in [-0.2, -0.15) is 0 Å². The van der Waals surface area contributed by atoms with Crippen LogP contribution in [0, 0.1) is 5.82 Å². The van der Waals surface area contributed by atoms with Crippen LogP contribution in [-0.4, -0.2) is 67.8 Å². The summed E-state index contributed by atoms with van der Waals surface area (Å²) in [6, 6.07) is 14.2. The van der Waals surface area contributed by atoms with Crippen molar-refractivity contribution in [2.24, 2.45) is 0 Å². The second kappa shape index (κ2) is 10.1. The summed E-state index contributed by atoms with van der Waals surface area (Å²) in [7, 11) is 1.70. The molecule has 0 N–H and O–H groups in total. The van der Waals surface area contributed by atoms with E-state index in [1.165, 1.54) is 17.7 Å². The van der Waals surface area contributed by atoms with Crippen LogP contribution in [0.15, 0.2) is 48.5 Å². The Bertz CT molecular complexity index is 868. The van der Waals surface area contributed by atoms with Crippen molar-refractivity contribution in [3.63, 3.8) is 0 Å². The lowest BCUT2D eigenvalue weighted by Crippen LogP contribution is -2.55. The Morgan fingerprint density at radius 1 is 1.10 bits per heavy atom. The maximum Gasteiger partial charge on any atom is 0.248 e. The zero-order valence-electron chi connectivity index (χ0n) is 17.8. The number of para-hydroxylation sites is 1. The van der Waals surface area contributed by atoms with Crippen LogP contribution in [-0.2, 0) is 16.1 Å². The quantitative estimate of drug-likeness (QED) is 0.678. The van der Waals surface area contributed by atoms with Crippen LogP contribution in [0.25, 0.3) is 0 Å². The van der Waals surface area contributed by atoms with E-state index in [2.05, 4.69) is 11.0 Å². The van der Waals surface area contributed by atoms with Gasteiger partial charge >= 0.3 is 0 Å². The molecule has 2 aromatic carbocycles. The summed E-state index contributed by atoms with van der Waals surface area (Å²) in [6.45, 7) is 3.66. The van der Waals surface area contributed by atoms with Crippen molar-refractivity contribution in [2.75, 3.05) is 40.0 Å². The van der Waals surface area contributed by atoms with E-state index < -0.39 is 0 Å². The number of benzene rings is 2. The third-order valence-electron chi connectivity index (χ3n) is 6.00. The number of rotatable bonds is 7. The second-order valence-corrected chi connectivity index (χ2v) is 8.06. The lowest BCUT2D eigenvalue weighted by Gasteiger charge is -2.42. The number of halogens is 1. The van der Waals surface area contributed by atoms with E-state index >= 15 is 0 Å². The van der Waals surface area contributed by atoms with Gasteiger partial charge in [-0.15, -0.1) is 0 Å². The highest BCUT2D eigenvalue weighted by Gasteiger charge is 2.34. The number of ether oxygens (including phenoxy) is 3. The molecule has 1 atom stereocenters. The van der Waals surface area contributed by atoms with Gasteiger partial charge in [0.2, 0.25) is 5.91 Å². The zero-order valence-corrected chi connectivity index (χ0v) is 17.8. The lowest BCUT2D eigenvalue weighted by atomic mass is 10.0. The highest BCUT2D eigenvalue weighted by molar-refractivity contribution is 5.78. The van der Waals surface area contributed by atoms with Crippen LogP contribution in [0.5, 0.6) is 11.5 Å². The summed E-state index contributed by atoms with van der Waals surface area (Å²) in [5, 5.41) is 0. The fourth-order valence-corrected chi connectivity index (χ4v) is 4.28. The molecule has 2 aliphatic heterocycles.